The van der Waals surface area contributed by atoms with E-state index in [0.717, 1.165) is 24.0 Å². The minimum absolute atomic E-state index is 0.0456. The Morgan fingerprint density at radius 3 is 3.25 bits per heavy atom. The number of hydrogen-bond acceptors (Lipinski definition) is 6. The van der Waals surface area contributed by atoms with E-state index in [1.54, 1.807) is 0 Å². The van der Waals surface area contributed by atoms with E-state index in [2.05, 4.69) is 20.6 Å². The highest BCUT2D eigenvalue weighted by Gasteiger charge is 2.10. The summed E-state index contributed by atoms with van der Waals surface area (Å²) in [5, 5.41) is 9.27. The number of anilines is 1. The number of nitrogens with zero attached hydrogens (tertiary/aromatic N) is 2. The summed E-state index contributed by atoms with van der Waals surface area (Å²) >= 11 is 2.86. The first-order chi connectivity index (χ1) is 7.74. The molecule has 0 spiro atoms. The lowest BCUT2D eigenvalue weighted by atomic mass is 10.6. The standard InChI is InChI=1S/C9H12N4OS2/c1-6-4-15-9(12-6)13-7(14)5-16-8-10-2-3-11-8/h4H,2-3,5H2,1H3,(H,10,11)(H,12,13,14). The minimum atomic E-state index is -0.0456. The third kappa shape index (κ3) is 3.21. The van der Waals surface area contributed by atoms with Gasteiger partial charge in [0.05, 0.1) is 18.0 Å². The Kier molecular flexibility index (Phi) is 3.79. The van der Waals surface area contributed by atoms with E-state index < -0.39 is 0 Å². The van der Waals surface area contributed by atoms with E-state index in [1.807, 2.05) is 12.3 Å². The van der Waals surface area contributed by atoms with Gasteiger partial charge in [0.1, 0.15) is 0 Å². The molecule has 2 rings (SSSR count). The van der Waals surface area contributed by atoms with Gasteiger partial charge in [0, 0.05) is 11.9 Å². The van der Waals surface area contributed by atoms with Crippen molar-refractivity contribution in [3.8, 4) is 0 Å². The topological polar surface area (TPSA) is 66.4 Å². The highest BCUT2D eigenvalue weighted by molar-refractivity contribution is 8.14. The van der Waals surface area contributed by atoms with Gasteiger partial charge < -0.3 is 10.6 Å². The lowest BCUT2D eigenvalue weighted by Gasteiger charge is -2.01. The van der Waals surface area contributed by atoms with Gasteiger partial charge in [0.25, 0.3) is 0 Å². The maximum absolute atomic E-state index is 11.5. The second kappa shape index (κ2) is 5.31. The molecule has 1 aromatic rings. The SMILES string of the molecule is Cc1csc(NC(=O)CSC2=NCCN2)n1. The van der Waals surface area contributed by atoms with Gasteiger partial charge in [0.15, 0.2) is 10.3 Å². The van der Waals surface area contributed by atoms with Gasteiger partial charge in [-0.3, -0.25) is 9.79 Å². The van der Waals surface area contributed by atoms with Gasteiger partial charge >= 0.3 is 0 Å². The van der Waals surface area contributed by atoms with E-state index in [9.17, 15) is 4.79 Å². The number of carbonyl (C=O) groups excluding carboxylic acids is 1. The molecule has 1 aliphatic rings. The van der Waals surface area contributed by atoms with Crippen LogP contribution in [-0.4, -0.2) is 34.9 Å². The van der Waals surface area contributed by atoms with Crippen molar-refractivity contribution in [3.05, 3.63) is 11.1 Å². The Bertz CT molecular complexity index is 415. The fourth-order valence-electron chi connectivity index (χ4n) is 1.17. The van der Waals surface area contributed by atoms with Crippen LogP contribution in [0.2, 0.25) is 0 Å². The maximum Gasteiger partial charge on any atom is 0.236 e. The van der Waals surface area contributed by atoms with Crippen LogP contribution in [0.1, 0.15) is 5.69 Å². The summed E-state index contributed by atoms with van der Waals surface area (Å²) in [7, 11) is 0. The smallest absolute Gasteiger partial charge is 0.236 e. The van der Waals surface area contributed by atoms with Crippen LogP contribution in [0.5, 0.6) is 0 Å². The van der Waals surface area contributed by atoms with Crippen LogP contribution in [0.4, 0.5) is 5.13 Å². The fourth-order valence-corrected chi connectivity index (χ4v) is 2.60. The summed E-state index contributed by atoms with van der Waals surface area (Å²) in [6.45, 7) is 3.57. The molecular formula is C9H12N4OS2. The van der Waals surface area contributed by atoms with Crippen LogP contribution in [-0.2, 0) is 4.79 Å². The van der Waals surface area contributed by atoms with E-state index in [-0.39, 0.29) is 5.91 Å². The number of aryl methyl sites for hydroxylation is 1. The Morgan fingerprint density at radius 2 is 2.62 bits per heavy atom. The normalized spacial score (nSPS) is 14.4. The molecule has 0 bridgehead atoms. The van der Waals surface area contributed by atoms with Crippen molar-refractivity contribution in [2.45, 2.75) is 6.92 Å². The van der Waals surface area contributed by atoms with Gasteiger partial charge in [-0.1, -0.05) is 11.8 Å². The summed E-state index contributed by atoms with van der Waals surface area (Å²) in [5.74, 6) is 0.320. The molecule has 0 aliphatic carbocycles. The number of nitrogens with one attached hydrogen (secondary N) is 2. The van der Waals surface area contributed by atoms with Crippen molar-refractivity contribution >= 4 is 39.3 Å². The highest BCUT2D eigenvalue weighted by Crippen LogP contribution is 2.15. The Morgan fingerprint density at radius 1 is 1.75 bits per heavy atom. The molecule has 0 saturated heterocycles. The van der Waals surface area contributed by atoms with Crippen molar-refractivity contribution in [2.75, 3.05) is 24.2 Å². The zero-order valence-corrected chi connectivity index (χ0v) is 10.5. The number of amides is 1. The molecule has 2 heterocycles. The van der Waals surface area contributed by atoms with E-state index in [4.69, 9.17) is 0 Å². The Labute approximate surface area is 102 Å². The average Bonchev–Trinajstić information content (AvgIpc) is 2.87. The van der Waals surface area contributed by atoms with Gasteiger partial charge in [0.2, 0.25) is 5.91 Å². The molecule has 0 fully saturated rings. The van der Waals surface area contributed by atoms with Gasteiger partial charge in [-0.2, -0.15) is 0 Å². The Hall–Kier alpha value is -1.08. The fraction of sp³-hybridized carbons (Fsp3) is 0.444. The van der Waals surface area contributed by atoms with Crippen LogP contribution in [0.3, 0.4) is 0 Å². The van der Waals surface area contributed by atoms with Crippen LogP contribution >= 0.6 is 23.1 Å². The predicted octanol–water partition coefficient (Wildman–Crippen LogP) is 1.08. The van der Waals surface area contributed by atoms with Crippen LogP contribution < -0.4 is 10.6 Å². The quantitative estimate of drug-likeness (QED) is 0.849. The molecule has 1 aromatic heterocycles. The molecule has 0 atom stereocenters. The van der Waals surface area contributed by atoms with E-state index in [1.165, 1.54) is 23.1 Å². The van der Waals surface area contributed by atoms with Crippen molar-refractivity contribution < 1.29 is 4.79 Å². The molecule has 1 aliphatic heterocycles. The molecule has 7 heteroatoms. The monoisotopic (exact) mass is 256 g/mol. The van der Waals surface area contributed by atoms with Crippen LogP contribution in [0.15, 0.2) is 10.4 Å². The lowest BCUT2D eigenvalue weighted by molar-refractivity contribution is -0.113. The molecule has 0 saturated carbocycles. The van der Waals surface area contributed by atoms with Crippen LogP contribution in [0.25, 0.3) is 0 Å². The minimum Gasteiger partial charge on any atom is -0.363 e. The molecule has 86 valence electrons. The zero-order valence-electron chi connectivity index (χ0n) is 8.82. The molecule has 5 nitrogen and oxygen atoms in total. The molecule has 1 amide bonds. The molecule has 0 unspecified atom stereocenters. The maximum atomic E-state index is 11.5. The average molecular weight is 256 g/mol. The third-order valence-corrected chi connectivity index (χ3v) is 3.68. The number of rotatable bonds is 3. The lowest BCUT2D eigenvalue weighted by Crippen LogP contribution is -2.20. The van der Waals surface area contributed by atoms with Crippen molar-refractivity contribution in [1.29, 1.82) is 0 Å². The van der Waals surface area contributed by atoms with Crippen molar-refractivity contribution in [1.82, 2.24) is 10.3 Å². The summed E-state index contributed by atoms with van der Waals surface area (Å²) in [5.41, 5.74) is 0.926. The predicted molar refractivity (Wildman–Crippen MR) is 68.2 cm³/mol. The third-order valence-electron chi connectivity index (χ3n) is 1.85. The summed E-state index contributed by atoms with van der Waals surface area (Å²) in [6.07, 6.45) is 0. The second-order valence-corrected chi connectivity index (χ2v) is 5.07. The highest BCUT2D eigenvalue weighted by atomic mass is 32.2. The number of hydrogen-bond donors (Lipinski definition) is 2. The molecule has 0 aromatic carbocycles. The Balaban J connectivity index is 1.76. The second-order valence-electron chi connectivity index (χ2n) is 3.24. The van der Waals surface area contributed by atoms with Crippen molar-refractivity contribution in [3.63, 3.8) is 0 Å². The number of carbonyl (C=O) groups is 1. The zero-order chi connectivity index (χ0) is 11.4. The summed E-state index contributed by atoms with van der Waals surface area (Å²) in [4.78, 5) is 19.9. The van der Waals surface area contributed by atoms with Crippen LogP contribution in [0, 0.1) is 6.92 Å². The van der Waals surface area contributed by atoms with E-state index >= 15 is 0 Å². The van der Waals surface area contributed by atoms with Gasteiger partial charge in [-0.25, -0.2) is 4.98 Å². The first-order valence-corrected chi connectivity index (χ1v) is 6.73. The summed E-state index contributed by atoms with van der Waals surface area (Å²) in [6, 6.07) is 0. The molecular weight excluding hydrogens is 244 g/mol. The molecule has 0 radical (unpaired) electrons. The van der Waals surface area contributed by atoms with Gasteiger partial charge in [-0.15, -0.1) is 11.3 Å². The number of amidine groups is 1. The first kappa shape index (κ1) is 11.4. The number of thioether (sulfide) groups is 1. The van der Waals surface area contributed by atoms with Gasteiger partial charge in [-0.05, 0) is 6.92 Å². The first-order valence-electron chi connectivity index (χ1n) is 4.87. The van der Waals surface area contributed by atoms with E-state index in [0.29, 0.717) is 10.9 Å². The number of aliphatic imine (C=N–C) groups is 1. The largest absolute Gasteiger partial charge is 0.363 e. The summed E-state index contributed by atoms with van der Waals surface area (Å²) < 4.78 is 0. The molecule has 16 heavy (non-hydrogen) atoms. The number of thiazole rings is 1. The number of aromatic nitrogens is 1. The van der Waals surface area contributed by atoms with Crippen molar-refractivity contribution in [2.24, 2.45) is 4.99 Å². The molecule has 2 N–H and O–H groups in total.